The molecule has 0 aliphatic carbocycles. The summed E-state index contributed by atoms with van der Waals surface area (Å²) in [5.41, 5.74) is 1.80. The van der Waals surface area contributed by atoms with Gasteiger partial charge in [-0.3, -0.25) is 0 Å². The maximum absolute atomic E-state index is 4.32. The molecule has 1 aromatic heterocycles. The summed E-state index contributed by atoms with van der Waals surface area (Å²) in [6.07, 6.45) is 2.10. The summed E-state index contributed by atoms with van der Waals surface area (Å²) in [4.78, 5) is 4.32. The van der Waals surface area contributed by atoms with Crippen molar-refractivity contribution in [3.05, 3.63) is 11.4 Å². The molecule has 1 aromatic rings. The summed E-state index contributed by atoms with van der Waals surface area (Å²) in [6.45, 7) is 9.04. The van der Waals surface area contributed by atoms with Crippen molar-refractivity contribution in [3.8, 4) is 0 Å². The highest BCUT2D eigenvalue weighted by molar-refractivity contribution is 7.99. The van der Waals surface area contributed by atoms with Crippen LogP contribution in [0.5, 0.6) is 0 Å². The summed E-state index contributed by atoms with van der Waals surface area (Å²) in [7, 11) is 0. The molecule has 1 N–H and O–H groups in total. The Morgan fingerprint density at radius 2 is 1.87 bits per heavy atom. The molecular weight excluding hydrogens is 208 g/mol. The van der Waals surface area contributed by atoms with Gasteiger partial charge in [0.2, 0.25) is 5.95 Å². The normalized spacial score (nSPS) is 11.5. The lowest BCUT2D eigenvalue weighted by molar-refractivity contribution is 0.740. The lowest BCUT2D eigenvalue weighted by Crippen LogP contribution is -2.26. The number of hydrogen-bond acceptors (Lipinski definition) is 5. The van der Waals surface area contributed by atoms with Crippen molar-refractivity contribution in [1.29, 1.82) is 0 Å². The molecule has 15 heavy (non-hydrogen) atoms. The van der Waals surface area contributed by atoms with Gasteiger partial charge in [-0.1, -0.05) is 0 Å². The highest BCUT2D eigenvalue weighted by atomic mass is 32.2. The van der Waals surface area contributed by atoms with Crippen LogP contribution in [0, 0.1) is 13.8 Å². The van der Waals surface area contributed by atoms with Crippen LogP contribution in [-0.4, -0.2) is 32.7 Å². The maximum atomic E-state index is 4.32. The van der Waals surface area contributed by atoms with Crippen molar-refractivity contribution < 1.29 is 0 Å². The van der Waals surface area contributed by atoms with E-state index in [4.69, 9.17) is 0 Å². The van der Waals surface area contributed by atoms with Gasteiger partial charge in [0.1, 0.15) is 0 Å². The van der Waals surface area contributed by atoms with E-state index in [-0.39, 0.29) is 4.75 Å². The first-order valence-corrected chi connectivity index (χ1v) is 6.14. The van der Waals surface area contributed by atoms with E-state index in [1.165, 1.54) is 0 Å². The van der Waals surface area contributed by atoms with Gasteiger partial charge in [0, 0.05) is 11.3 Å². The molecule has 1 heterocycles. The highest BCUT2D eigenvalue weighted by Crippen LogP contribution is 2.20. The molecule has 84 valence electrons. The third-order valence-corrected chi connectivity index (χ3v) is 3.57. The summed E-state index contributed by atoms with van der Waals surface area (Å²) in [5, 5.41) is 11.2. The van der Waals surface area contributed by atoms with Crippen molar-refractivity contribution in [2.75, 3.05) is 18.1 Å². The molecular formula is C10H18N4S. The van der Waals surface area contributed by atoms with Gasteiger partial charge in [-0.15, -0.1) is 5.10 Å². The lowest BCUT2D eigenvalue weighted by Gasteiger charge is -2.22. The van der Waals surface area contributed by atoms with Gasteiger partial charge in [-0.05, 0) is 34.0 Å². The van der Waals surface area contributed by atoms with Crippen LogP contribution in [0.25, 0.3) is 0 Å². The highest BCUT2D eigenvalue weighted by Gasteiger charge is 2.16. The van der Waals surface area contributed by atoms with E-state index in [0.717, 1.165) is 17.9 Å². The fourth-order valence-corrected chi connectivity index (χ4v) is 1.11. The number of aryl methyl sites for hydroxylation is 2. The molecule has 0 atom stereocenters. The van der Waals surface area contributed by atoms with Crippen LogP contribution in [0.4, 0.5) is 5.95 Å². The Morgan fingerprint density at radius 1 is 1.20 bits per heavy atom. The van der Waals surface area contributed by atoms with E-state index in [2.05, 4.69) is 40.6 Å². The van der Waals surface area contributed by atoms with Crippen molar-refractivity contribution in [2.45, 2.75) is 32.4 Å². The monoisotopic (exact) mass is 226 g/mol. The molecule has 0 radical (unpaired) electrons. The Morgan fingerprint density at radius 3 is 2.40 bits per heavy atom. The molecule has 0 saturated carbocycles. The van der Waals surface area contributed by atoms with E-state index in [0.29, 0.717) is 5.95 Å². The second-order valence-corrected chi connectivity index (χ2v) is 5.64. The molecule has 1 rings (SSSR count). The van der Waals surface area contributed by atoms with Gasteiger partial charge < -0.3 is 5.32 Å². The molecule has 0 aliphatic rings. The standard InChI is InChI=1S/C10H18N4S/c1-7-8(2)13-14-9(12-7)11-6-10(3,4)15-5/h6H2,1-5H3,(H,11,12,14). The third-order valence-electron chi connectivity index (χ3n) is 2.32. The Hall–Kier alpha value is -0.840. The van der Waals surface area contributed by atoms with Crippen molar-refractivity contribution in [3.63, 3.8) is 0 Å². The summed E-state index contributed by atoms with van der Waals surface area (Å²) in [6, 6.07) is 0. The van der Waals surface area contributed by atoms with Gasteiger partial charge in [-0.25, -0.2) is 4.98 Å². The fourth-order valence-electron chi connectivity index (χ4n) is 0.896. The zero-order chi connectivity index (χ0) is 11.5. The molecule has 0 unspecified atom stereocenters. The van der Waals surface area contributed by atoms with Crippen LogP contribution in [0.2, 0.25) is 0 Å². The third kappa shape index (κ3) is 3.66. The Bertz CT molecular complexity index is 338. The Balaban J connectivity index is 2.62. The first-order chi connectivity index (χ1) is 6.94. The van der Waals surface area contributed by atoms with Crippen LogP contribution in [0.15, 0.2) is 0 Å². The molecule has 4 nitrogen and oxygen atoms in total. The minimum atomic E-state index is 0.183. The predicted octanol–water partition coefficient (Wildman–Crippen LogP) is 2.04. The number of aromatic nitrogens is 3. The Kier molecular flexibility index (Phi) is 3.90. The van der Waals surface area contributed by atoms with Crippen molar-refractivity contribution in [1.82, 2.24) is 15.2 Å². The van der Waals surface area contributed by atoms with Crippen LogP contribution in [-0.2, 0) is 0 Å². The molecule has 0 aliphatic heterocycles. The average Bonchev–Trinajstić information content (AvgIpc) is 2.20. The second-order valence-electron chi connectivity index (χ2n) is 4.12. The second kappa shape index (κ2) is 4.79. The van der Waals surface area contributed by atoms with E-state index >= 15 is 0 Å². The number of anilines is 1. The minimum absolute atomic E-state index is 0.183. The zero-order valence-corrected chi connectivity index (χ0v) is 10.8. The van der Waals surface area contributed by atoms with E-state index < -0.39 is 0 Å². The van der Waals surface area contributed by atoms with Crippen molar-refractivity contribution >= 4 is 17.7 Å². The number of nitrogens with zero attached hydrogens (tertiary/aromatic N) is 3. The van der Waals surface area contributed by atoms with Crippen LogP contribution < -0.4 is 5.32 Å². The van der Waals surface area contributed by atoms with Crippen LogP contribution in [0.3, 0.4) is 0 Å². The quantitative estimate of drug-likeness (QED) is 0.851. The zero-order valence-electron chi connectivity index (χ0n) is 9.96. The smallest absolute Gasteiger partial charge is 0.243 e. The number of nitrogens with one attached hydrogen (secondary N) is 1. The number of thioether (sulfide) groups is 1. The van der Waals surface area contributed by atoms with Crippen LogP contribution >= 0.6 is 11.8 Å². The van der Waals surface area contributed by atoms with Gasteiger partial charge in [0.15, 0.2) is 0 Å². The van der Waals surface area contributed by atoms with Gasteiger partial charge >= 0.3 is 0 Å². The largest absolute Gasteiger partial charge is 0.352 e. The van der Waals surface area contributed by atoms with E-state index in [1.54, 1.807) is 0 Å². The number of hydrogen-bond donors (Lipinski definition) is 1. The molecule has 0 saturated heterocycles. The minimum Gasteiger partial charge on any atom is -0.352 e. The van der Waals surface area contributed by atoms with Gasteiger partial charge in [0.25, 0.3) is 0 Å². The first-order valence-electron chi connectivity index (χ1n) is 4.91. The SMILES string of the molecule is CSC(C)(C)CNc1nnc(C)c(C)n1. The molecule has 0 amide bonds. The maximum Gasteiger partial charge on any atom is 0.243 e. The van der Waals surface area contributed by atoms with E-state index in [9.17, 15) is 0 Å². The first kappa shape index (κ1) is 12.2. The summed E-state index contributed by atoms with van der Waals surface area (Å²) in [5.74, 6) is 0.611. The molecule has 0 bridgehead atoms. The fraction of sp³-hybridized carbons (Fsp3) is 0.700. The molecule has 0 fully saturated rings. The number of rotatable bonds is 4. The predicted molar refractivity (Wildman–Crippen MR) is 65.4 cm³/mol. The van der Waals surface area contributed by atoms with E-state index in [1.807, 2.05) is 25.6 Å². The average molecular weight is 226 g/mol. The lowest BCUT2D eigenvalue weighted by atomic mass is 10.2. The summed E-state index contributed by atoms with van der Waals surface area (Å²) >= 11 is 1.82. The van der Waals surface area contributed by atoms with Crippen LogP contribution in [0.1, 0.15) is 25.2 Å². The Labute approximate surface area is 95.3 Å². The molecule has 0 aromatic carbocycles. The molecule has 5 heteroatoms. The summed E-state index contributed by atoms with van der Waals surface area (Å²) < 4.78 is 0.183. The molecule has 0 spiro atoms. The topological polar surface area (TPSA) is 50.7 Å². The van der Waals surface area contributed by atoms with Gasteiger partial charge in [-0.2, -0.15) is 16.9 Å². The van der Waals surface area contributed by atoms with Crippen molar-refractivity contribution in [2.24, 2.45) is 0 Å². The van der Waals surface area contributed by atoms with Gasteiger partial charge in [0.05, 0.1) is 11.4 Å².